The lowest BCUT2D eigenvalue weighted by Crippen LogP contribution is -2.31. The summed E-state index contributed by atoms with van der Waals surface area (Å²) >= 11 is 0. The lowest BCUT2D eigenvalue weighted by Gasteiger charge is -2.08. The number of esters is 2. The molecular weight excluding hydrogens is 1110 g/mol. The molecule has 0 radical (unpaired) electrons. The number of nitrogens with one attached hydrogen (secondary N) is 4. The fourth-order valence-corrected chi connectivity index (χ4v) is 8.80. The van der Waals surface area contributed by atoms with Crippen LogP contribution in [0.4, 0.5) is 14.5 Å². The van der Waals surface area contributed by atoms with E-state index in [1.807, 2.05) is 0 Å². The average molecular weight is 1190 g/mol. The second-order valence-corrected chi connectivity index (χ2v) is 18.4. The van der Waals surface area contributed by atoms with E-state index in [-0.39, 0.29) is 83.6 Å². The summed E-state index contributed by atoms with van der Waals surface area (Å²) in [7, 11) is 6.37. The van der Waals surface area contributed by atoms with E-state index in [2.05, 4.69) is 41.0 Å². The molecule has 456 valence electrons. The molecule has 24 nitrogen and oxygen atoms in total. The maximum Gasteiger partial charge on any atom is 0.377 e. The maximum absolute atomic E-state index is 13.3. The molecule has 85 heavy (non-hydrogen) atoms. The molecule has 0 aliphatic carbocycles. The van der Waals surface area contributed by atoms with E-state index in [0.717, 1.165) is 12.1 Å². The third-order valence-corrected chi connectivity index (χ3v) is 13.2. The van der Waals surface area contributed by atoms with Gasteiger partial charge in [-0.1, -0.05) is 18.2 Å². The second-order valence-electron chi connectivity index (χ2n) is 18.4. The molecule has 4 heterocycles. The average Bonchev–Trinajstić information content (AvgIpc) is 1.91. The van der Waals surface area contributed by atoms with E-state index in [0.29, 0.717) is 45.0 Å². The summed E-state index contributed by atoms with van der Waals surface area (Å²) in [6, 6.07) is 2.97. The minimum Gasteiger partial charge on any atom is -0.477 e. The summed E-state index contributed by atoms with van der Waals surface area (Å²) in [5.74, 6) is -12.0. The molecule has 0 unspecified atom stereocenters. The molecule has 5 rings (SSSR count). The Morgan fingerprint density at radius 1 is 0.482 bits per heavy atom. The summed E-state index contributed by atoms with van der Waals surface area (Å²) in [6.07, 6.45) is 4.38. The molecule has 0 saturated carbocycles. The number of carboxylic acid groups (broad SMARTS) is 2. The van der Waals surface area contributed by atoms with E-state index in [4.69, 9.17) is 19.7 Å². The highest BCUT2D eigenvalue weighted by atomic mass is 19.2. The molecule has 1 aromatic carbocycles. The van der Waals surface area contributed by atoms with E-state index in [1.165, 1.54) is 51.8 Å². The van der Waals surface area contributed by atoms with Crippen molar-refractivity contribution in [1.82, 2.24) is 34.2 Å². The summed E-state index contributed by atoms with van der Waals surface area (Å²) in [5.41, 5.74) is 4.52. The highest BCUT2D eigenvalue weighted by Gasteiger charge is 2.32. The largest absolute Gasteiger partial charge is 0.477 e. The van der Waals surface area contributed by atoms with Crippen LogP contribution in [-0.2, 0) is 56.8 Å². The van der Waals surface area contributed by atoms with E-state index in [1.54, 1.807) is 88.1 Å². The number of carbonyl (C=O) groups is 12. The molecule has 0 aliphatic rings. The van der Waals surface area contributed by atoms with Gasteiger partial charge in [-0.05, 0) is 104 Å². The molecular formula is C59H70F2N8O16. The Bertz CT molecular complexity index is 3550. The third-order valence-electron chi connectivity index (χ3n) is 13.2. The molecule has 4 amide bonds. The zero-order chi connectivity index (χ0) is 65.2. The van der Waals surface area contributed by atoms with Gasteiger partial charge in [0.1, 0.15) is 22.8 Å². The number of Topliss-reactive ketones (excluding diaryl/α,β-unsaturated/α-hetero) is 4. The van der Waals surface area contributed by atoms with Crippen LogP contribution in [0.25, 0.3) is 0 Å². The fourth-order valence-electron chi connectivity index (χ4n) is 8.80. The van der Waals surface area contributed by atoms with Gasteiger partial charge in [0.05, 0.1) is 35.5 Å². The van der Waals surface area contributed by atoms with Gasteiger partial charge >= 0.3 is 23.9 Å². The molecule has 0 aliphatic heterocycles. The number of hydrogen-bond donors (Lipinski definition) is 6. The first-order valence-corrected chi connectivity index (χ1v) is 25.8. The number of ketones is 4. The van der Waals surface area contributed by atoms with Gasteiger partial charge < -0.3 is 59.2 Å². The lowest BCUT2D eigenvalue weighted by atomic mass is 10.0. The van der Waals surface area contributed by atoms with Crippen molar-refractivity contribution in [3.63, 3.8) is 0 Å². The molecule has 0 bridgehead atoms. The van der Waals surface area contributed by atoms with Crippen LogP contribution in [0.1, 0.15) is 142 Å². The Morgan fingerprint density at radius 3 is 1.08 bits per heavy atom. The molecule has 5 aromatic rings. The van der Waals surface area contributed by atoms with Gasteiger partial charge in [-0.25, -0.2) is 28.0 Å². The van der Waals surface area contributed by atoms with Crippen molar-refractivity contribution in [2.24, 2.45) is 28.2 Å². The Kier molecular flexibility index (Phi) is 26.2. The molecule has 6 N–H and O–H groups in total. The van der Waals surface area contributed by atoms with Gasteiger partial charge in [-0.2, -0.15) is 0 Å². The standard InChI is InChI=1S/C19H19F2N3O3.C15H20N2O4.C13H16N2O4.C12H15NO5/c1-5-8-22-19(27)17(25)15-10(2)16(24(4)11(15)3)18(26)23-12-6-7-13(20)14(21)9-12;1-6-8-16-14(19)13(18)11-9(3)12(15(20)21-7-2)17(5)10(11)4;1-5-6-14-12(17)11(16)9-7(2)10(13(18)19)15(4)8(9)3;1-5-18-12(17)9-6(2)8(7(3)13(9)4)10(14)11(15)16/h5-7,9H,1,8H2,2-4H3,(H,22,27)(H,23,26);6H,1,7-8H2,2-5H3,(H,16,19);5H,1,6H2,2-4H3,(H,14,17)(H,18,19);5H2,1-4H3,(H,15,16). The van der Waals surface area contributed by atoms with E-state index in [9.17, 15) is 66.3 Å². The smallest absolute Gasteiger partial charge is 0.377 e. The maximum atomic E-state index is 13.3. The number of nitrogens with zero attached hydrogens (tertiary/aromatic N) is 4. The zero-order valence-electron chi connectivity index (χ0n) is 49.8. The van der Waals surface area contributed by atoms with Crippen molar-refractivity contribution < 1.29 is 86.0 Å². The highest BCUT2D eigenvalue weighted by molar-refractivity contribution is 6.45. The van der Waals surface area contributed by atoms with Crippen LogP contribution in [0.2, 0.25) is 0 Å². The van der Waals surface area contributed by atoms with Crippen molar-refractivity contribution in [2.45, 2.75) is 69.2 Å². The lowest BCUT2D eigenvalue weighted by molar-refractivity contribution is -0.131. The Labute approximate surface area is 488 Å². The van der Waals surface area contributed by atoms with Crippen molar-refractivity contribution in [1.29, 1.82) is 0 Å². The molecule has 0 spiro atoms. The molecule has 4 aromatic heterocycles. The van der Waals surface area contributed by atoms with Crippen molar-refractivity contribution in [2.75, 3.05) is 38.2 Å². The number of carboxylic acids is 2. The topological polar surface area (TPSA) is 332 Å². The molecule has 26 heteroatoms. The number of ether oxygens (including phenoxy) is 2. The van der Waals surface area contributed by atoms with Gasteiger partial charge in [0.15, 0.2) is 11.6 Å². The van der Waals surface area contributed by atoms with Gasteiger partial charge in [0.25, 0.3) is 46.8 Å². The predicted molar refractivity (Wildman–Crippen MR) is 307 cm³/mol. The molecule has 0 fully saturated rings. The first-order valence-electron chi connectivity index (χ1n) is 25.8. The molecule has 0 saturated heterocycles. The van der Waals surface area contributed by atoms with E-state index >= 15 is 0 Å². The van der Waals surface area contributed by atoms with Crippen LogP contribution in [0, 0.1) is 67.0 Å². The summed E-state index contributed by atoms with van der Waals surface area (Å²) in [4.78, 5) is 142. The minimum absolute atomic E-state index is 0.0115. The first kappa shape index (κ1) is 71.0. The van der Waals surface area contributed by atoms with Crippen molar-refractivity contribution in [3.8, 4) is 0 Å². The number of aliphatic carboxylic acids is 1. The minimum atomic E-state index is -1.54. The number of benzene rings is 1. The third kappa shape index (κ3) is 16.3. The molecule has 0 atom stereocenters. The van der Waals surface area contributed by atoms with Crippen LogP contribution in [0.15, 0.2) is 56.2 Å². The van der Waals surface area contributed by atoms with Gasteiger partial charge in [0.2, 0.25) is 0 Å². The monoisotopic (exact) mass is 1180 g/mol. The van der Waals surface area contributed by atoms with E-state index < -0.39 is 82.3 Å². The van der Waals surface area contributed by atoms with Gasteiger partial charge in [-0.3, -0.25) is 38.4 Å². The van der Waals surface area contributed by atoms with Crippen molar-refractivity contribution >= 4 is 76.3 Å². The fraction of sp³-hybridized carbons (Fsp3) is 0.322. The summed E-state index contributed by atoms with van der Waals surface area (Å²) in [6.45, 7) is 27.4. The van der Waals surface area contributed by atoms with Crippen molar-refractivity contribution in [3.05, 3.63) is 158 Å². The number of rotatable bonds is 21. The van der Waals surface area contributed by atoms with Crippen LogP contribution in [-0.4, -0.2) is 132 Å². The van der Waals surface area contributed by atoms with Crippen LogP contribution >= 0.6 is 0 Å². The number of amides is 4. The SMILES string of the molecule is C=CCNC(=O)C(=O)c1c(C)c(C(=O)Nc2ccc(F)c(F)c2)n(C)c1C.C=CCNC(=O)C(=O)c1c(C)c(C(=O)O)n(C)c1C.C=CCNC(=O)C(=O)c1c(C)c(C(=O)OCC)n(C)c1C.CCOC(=O)c1c(C)c(C(=O)C(=O)O)c(C)n1C. The van der Waals surface area contributed by atoms with Crippen LogP contribution in [0.5, 0.6) is 0 Å². The predicted octanol–water partition coefficient (Wildman–Crippen LogP) is 5.87. The number of aromatic nitrogens is 4. The quantitative estimate of drug-likeness (QED) is 0.0216. The second kappa shape index (κ2) is 31.3. The number of halogens is 2. The number of anilines is 1. The zero-order valence-corrected chi connectivity index (χ0v) is 49.8. The summed E-state index contributed by atoms with van der Waals surface area (Å²) < 4.78 is 42.1. The summed E-state index contributed by atoms with van der Waals surface area (Å²) in [5, 5.41) is 27.5. The first-order chi connectivity index (χ1) is 39.7. The van der Waals surface area contributed by atoms with Crippen LogP contribution < -0.4 is 21.3 Å². The van der Waals surface area contributed by atoms with Crippen LogP contribution in [0.3, 0.4) is 0 Å². The van der Waals surface area contributed by atoms with Gasteiger partial charge in [0, 0.05) is 82.4 Å². The number of carbonyl (C=O) groups excluding carboxylic acids is 10. The normalized spacial score (nSPS) is 10.2. The highest BCUT2D eigenvalue weighted by Crippen LogP contribution is 2.27. The number of aromatic carboxylic acids is 1. The number of hydrogen-bond acceptors (Lipinski definition) is 14. The Hall–Kier alpha value is -10.1. The Balaban J connectivity index is 0.000000392. The van der Waals surface area contributed by atoms with Gasteiger partial charge in [-0.15, -0.1) is 19.7 Å². The Morgan fingerprint density at radius 2 is 0.788 bits per heavy atom.